The summed E-state index contributed by atoms with van der Waals surface area (Å²) in [5.74, 6) is -3.82. The van der Waals surface area contributed by atoms with Crippen LogP contribution in [0.25, 0.3) is 0 Å². The predicted octanol–water partition coefficient (Wildman–Crippen LogP) is -3.25. The van der Waals surface area contributed by atoms with Crippen molar-refractivity contribution in [1.82, 2.24) is 20.9 Å². The van der Waals surface area contributed by atoms with Crippen molar-refractivity contribution >= 4 is 29.6 Å². The number of rotatable bonds is 10. The number of carbonyl (C=O) groups is 5. The average Bonchev–Trinajstić information content (AvgIpc) is 3.16. The molecule has 0 radical (unpaired) electrons. The lowest BCUT2D eigenvalue weighted by molar-refractivity contribution is -0.140. The van der Waals surface area contributed by atoms with E-state index in [1.807, 2.05) is 19.2 Å². The molecule has 0 spiro atoms. The van der Waals surface area contributed by atoms with E-state index in [4.69, 9.17) is 10.8 Å². The van der Waals surface area contributed by atoms with Crippen molar-refractivity contribution in [2.75, 3.05) is 26.2 Å². The van der Waals surface area contributed by atoms with Crippen molar-refractivity contribution in [3.8, 4) is 0 Å². The van der Waals surface area contributed by atoms with Crippen molar-refractivity contribution in [3.05, 3.63) is 0 Å². The standard InChI is InChI=1S/C17H29N5O7/c1-9(2)14(18)17(29)22-5-3-4-11(22)16(28)19-6-12(24)21-10(8-23)15(27)20-7-13(25)26/h9-11,14,23H,3-8,18H2,1-2H3,(H,19,28)(H,20,27)(H,21,24)(H,25,26)/t10-,11-,14-/m0/s1. The second kappa shape index (κ2) is 11.3. The van der Waals surface area contributed by atoms with Gasteiger partial charge < -0.3 is 36.8 Å². The van der Waals surface area contributed by atoms with Gasteiger partial charge in [-0.1, -0.05) is 13.8 Å². The van der Waals surface area contributed by atoms with Gasteiger partial charge in [-0.2, -0.15) is 0 Å². The van der Waals surface area contributed by atoms with Crippen molar-refractivity contribution < 1.29 is 34.2 Å². The van der Waals surface area contributed by atoms with Gasteiger partial charge >= 0.3 is 5.97 Å². The van der Waals surface area contributed by atoms with E-state index in [1.165, 1.54) is 4.90 Å². The van der Waals surface area contributed by atoms with E-state index >= 15 is 0 Å². The second-order valence-corrected chi connectivity index (χ2v) is 7.09. The maximum absolute atomic E-state index is 12.4. The molecule has 4 amide bonds. The highest BCUT2D eigenvalue weighted by Crippen LogP contribution is 2.19. The molecule has 1 saturated heterocycles. The lowest BCUT2D eigenvalue weighted by Gasteiger charge is -2.28. The Hall–Kier alpha value is -2.73. The van der Waals surface area contributed by atoms with Crippen LogP contribution in [-0.4, -0.2) is 89.1 Å². The first kappa shape index (κ1) is 24.3. The first-order valence-corrected chi connectivity index (χ1v) is 9.32. The minimum Gasteiger partial charge on any atom is -0.480 e. The zero-order valence-corrected chi connectivity index (χ0v) is 16.5. The SMILES string of the molecule is CC(C)[C@H](N)C(=O)N1CCC[C@H]1C(=O)NCC(=O)N[C@@H](CO)C(=O)NCC(=O)O. The molecule has 0 bridgehead atoms. The van der Waals surface area contributed by atoms with Crippen LogP contribution in [0.2, 0.25) is 0 Å². The Labute approximate surface area is 168 Å². The molecule has 1 rings (SSSR count). The van der Waals surface area contributed by atoms with Crippen molar-refractivity contribution in [2.24, 2.45) is 11.7 Å². The molecular weight excluding hydrogens is 386 g/mol. The van der Waals surface area contributed by atoms with Crippen LogP contribution in [0.4, 0.5) is 0 Å². The molecule has 0 aromatic carbocycles. The quantitative estimate of drug-likeness (QED) is 0.214. The van der Waals surface area contributed by atoms with Crippen LogP contribution < -0.4 is 21.7 Å². The fourth-order valence-electron chi connectivity index (χ4n) is 2.79. The minimum absolute atomic E-state index is 0.0831. The van der Waals surface area contributed by atoms with Crippen LogP contribution in [-0.2, 0) is 24.0 Å². The first-order chi connectivity index (χ1) is 13.6. The van der Waals surface area contributed by atoms with E-state index < -0.39 is 61.5 Å². The fourth-order valence-corrected chi connectivity index (χ4v) is 2.79. The number of carboxylic acids is 1. The molecule has 164 valence electrons. The summed E-state index contributed by atoms with van der Waals surface area (Å²) in [5, 5.41) is 24.3. The summed E-state index contributed by atoms with van der Waals surface area (Å²) in [4.78, 5) is 60.4. The molecule has 0 saturated carbocycles. The van der Waals surface area contributed by atoms with Crippen molar-refractivity contribution in [2.45, 2.75) is 44.8 Å². The monoisotopic (exact) mass is 415 g/mol. The van der Waals surface area contributed by atoms with Crippen LogP contribution in [0.15, 0.2) is 0 Å². The highest BCUT2D eigenvalue weighted by molar-refractivity contribution is 5.94. The molecule has 0 aromatic rings. The maximum atomic E-state index is 12.4. The van der Waals surface area contributed by atoms with Gasteiger partial charge in [-0.3, -0.25) is 24.0 Å². The number of nitrogens with zero attached hydrogens (tertiary/aromatic N) is 1. The van der Waals surface area contributed by atoms with E-state index in [0.717, 1.165) is 0 Å². The number of aliphatic hydroxyl groups is 1. The number of aliphatic hydroxyl groups excluding tert-OH is 1. The van der Waals surface area contributed by atoms with Crippen LogP contribution in [0.5, 0.6) is 0 Å². The number of hydrogen-bond donors (Lipinski definition) is 6. The summed E-state index contributed by atoms with van der Waals surface area (Å²) in [6.07, 6.45) is 1.08. The summed E-state index contributed by atoms with van der Waals surface area (Å²) in [6.45, 7) is 2.13. The molecule has 1 fully saturated rings. The van der Waals surface area contributed by atoms with Gasteiger partial charge in [0, 0.05) is 6.54 Å². The summed E-state index contributed by atoms with van der Waals surface area (Å²) >= 11 is 0. The summed E-state index contributed by atoms with van der Waals surface area (Å²) in [5.41, 5.74) is 5.88. The number of carboxylic acid groups (broad SMARTS) is 1. The molecule has 1 aliphatic heterocycles. The van der Waals surface area contributed by atoms with Crippen LogP contribution in [0, 0.1) is 5.92 Å². The Morgan fingerprint density at radius 1 is 1.14 bits per heavy atom. The van der Waals surface area contributed by atoms with Gasteiger partial charge in [-0.25, -0.2) is 0 Å². The predicted molar refractivity (Wildman–Crippen MR) is 100 cm³/mol. The van der Waals surface area contributed by atoms with Crippen molar-refractivity contribution in [1.29, 1.82) is 0 Å². The molecule has 0 unspecified atom stereocenters. The highest BCUT2D eigenvalue weighted by Gasteiger charge is 2.36. The minimum atomic E-state index is -1.35. The van der Waals surface area contributed by atoms with E-state index in [2.05, 4.69) is 10.6 Å². The van der Waals surface area contributed by atoms with E-state index in [9.17, 15) is 29.1 Å². The Morgan fingerprint density at radius 2 is 1.79 bits per heavy atom. The molecule has 0 aliphatic carbocycles. The Kier molecular flexibility index (Phi) is 9.48. The molecule has 29 heavy (non-hydrogen) atoms. The molecule has 12 nitrogen and oxygen atoms in total. The number of amides is 4. The van der Waals surface area contributed by atoms with Gasteiger partial charge in [0.05, 0.1) is 19.2 Å². The number of nitrogens with two attached hydrogens (primary N) is 1. The zero-order valence-electron chi connectivity index (χ0n) is 16.5. The molecular formula is C17H29N5O7. The second-order valence-electron chi connectivity index (χ2n) is 7.09. The Morgan fingerprint density at radius 3 is 2.34 bits per heavy atom. The number of likely N-dealkylation sites (tertiary alicyclic amines) is 1. The average molecular weight is 415 g/mol. The third kappa shape index (κ3) is 7.31. The lowest BCUT2D eigenvalue weighted by Crippen LogP contribution is -2.55. The van der Waals surface area contributed by atoms with Crippen LogP contribution in [0.3, 0.4) is 0 Å². The van der Waals surface area contributed by atoms with Gasteiger partial charge in [-0.15, -0.1) is 0 Å². The third-order valence-electron chi connectivity index (χ3n) is 4.51. The van der Waals surface area contributed by atoms with E-state index in [0.29, 0.717) is 19.4 Å². The number of nitrogens with one attached hydrogen (secondary N) is 3. The molecule has 7 N–H and O–H groups in total. The largest absolute Gasteiger partial charge is 0.480 e. The normalized spacial score (nSPS) is 18.1. The third-order valence-corrected chi connectivity index (χ3v) is 4.51. The summed E-state index contributed by atoms with van der Waals surface area (Å²) < 4.78 is 0. The zero-order chi connectivity index (χ0) is 22.1. The van der Waals surface area contributed by atoms with Gasteiger partial charge in [0.15, 0.2) is 0 Å². The Balaban J connectivity index is 2.55. The van der Waals surface area contributed by atoms with Crippen molar-refractivity contribution in [3.63, 3.8) is 0 Å². The van der Waals surface area contributed by atoms with E-state index in [1.54, 1.807) is 0 Å². The molecule has 1 aliphatic rings. The Bertz CT molecular complexity index is 640. The van der Waals surface area contributed by atoms with Crippen LogP contribution in [0.1, 0.15) is 26.7 Å². The van der Waals surface area contributed by atoms with Gasteiger partial charge in [0.2, 0.25) is 23.6 Å². The van der Waals surface area contributed by atoms with Gasteiger partial charge in [0.1, 0.15) is 18.6 Å². The summed E-state index contributed by atoms with van der Waals surface area (Å²) in [6, 6.07) is -2.80. The smallest absolute Gasteiger partial charge is 0.322 e. The topological polar surface area (TPSA) is 191 Å². The first-order valence-electron chi connectivity index (χ1n) is 9.32. The number of carbonyl (C=O) groups excluding carboxylic acids is 4. The number of aliphatic carboxylic acids is 1. The number of hydrogen-bond acceptors (Lipinski definition) is 7. The molecule has 0 aromatic heterocycles. The van der Waals surface area contributed by atoms with Gasteiger partial charge in [0.25, 0.3) is 0 Å². The van der Waals surface area contributed by atoms with Crippen LogP contribution >= 0.6 is 0 Å². The summed E-state index contributed by atoms with van der Waals surface area (Å²) in [7, 11) is 0. The van der Waals surface area contributed by atoms with Gasteiger partial charge in [-0.05, 0) is 18.8 Å². The van der Waals surface area contributed by atoms with E-state index in [-0.39, 0.29) is 11.8 Å². The molecule has 12 heteroatoms. The fraction of sp³-hybridized carbons (Fsp3) is 0.706. The highest BCUT2D eigenvalue weighted by atomic mass is 16.4. The lowest BCUT2D eigenvalue weighted by atomic mass is 10.0. The maximum Gasteiger partial charge on any atom is 0.322 e. The molecule has 1 heterocycles. The molecule has 3 atom stereocenters.